The fourth-order valence-corrected chi connectivity index (χ4v) is 2.84. The molecule has 1 saturated heterocycles. The number of likely N-dealkylation sites (tertiary alicyclic amines) is 1. The third-order valence-electron chi connectivity index (χ3n) is 4.20. The Bertz CT molecular complexity index is 490. The molecule has 1 aromatic rings. The molecule has 2 rings (SSSR count). The summed E-state index contributed by atoms with van der Waals surface area (Å²) >= 11 is 0. The zero-order valence-electron chi connectivity index (χ0n) is 13.8. The minimum atomic E-state index is -0.652. The molecule has 4 heteroatoms. The van der Waals surface area contributed by atoms with Gasteiger partial charge >= 0.3 is 0 Å². The van der Waals surface area contributed by atoms with E-state index in [0.717, 1.165) is 43.7 Å². The Morgan fingerprint density at radius 2 is 2.05 bits per heavy atom. The summed E-state index contributed by atoms with van der Waals surface area (Å²) in [5, 5.41) is 9.76. The lowest BCUT2D eigenvalue weighted by molar-refractivity contribution is 0.0712. The molecule has 0 aliphatic carbocycles. The Labute approximate surface area is 133 Å². The lowest BCUT2D eigenvalue weighted by atomic mass is 9.98. The van der Waals surface area contributed by atoms with E-state index in [1.165, 1.54) is 0 Å². The third kappa shape index (κ3) is 4.82. The summed E-state index contributed by atoms with van der Waals surface area (Å²) in [6.07, 6.45) is 2.55. The van der Waals surface area contributed by atoms with Crippen LogP contribution in [0.25, 0.3) is 0 Å². The molecular weight excluding hydrogens is 278 g/mol. The van der Waals surface area contributed by atoms with Crippen molar-refractivity contribution in [3.63, 3.8) is 0 Å². The maximum atomic E-state index is 12.5. The summed E-state index contributed by atoms with van der Waals surface area (Å²) in [5.74, 6) is 0.563. The van der Waals surface area contributed by atoms with Crippen molar-refractivity contribution < 1.29 is 14.6 Å². The van der Waals surface area contributed by atoms with Gasteiger partial charge in [0.25, 0.3) is 5.91 Å². The van der Waals surface area contributed by atoms with Crippen molar-refractivity contribution >= 4 is 5.91 Å². The third-order valence-corrected chi connectivity index (χ3v) is 4.20. The van der Waals surface area contributed by atoms with Crippen LogP contribution in [-0.4, -0.2) is 48.3 Å². The van der Waals surface area contributed by atoms with Crippen LogP contribution in [0.5, 0.6) is 0 Å². The maximum Gasteiger partial charge on any atom is 0.253 e. The van der Waals surface area contributed by atoms with Gasteiger partial charge in [0, 0.05) is 31.7 Å². The van der Waals surface area contributed by atoms with E-state index < -0.39 is 5.60 Å². The van der Waals surface area contributed by atoms with Gasteiger partial charge in [0.2, 0.25) is 0 Å². The van der Waals surface area contributed by atoms with Crippen molar-refractivity contribution in [2.75, 3.05) is 26.8 Å². The minimum absolute atomic E-state index is 0.104. The largest absolute Gasteiger partial charge is 0.390 e. The highest BCUT2D eigenvalue weighted by atomic mass is 16.5. The summed E-state index contributed by atoms with van der Waals surface area (Å²) in [6.45, 7) is 5.95. The first-order valence-electron chi connectivity index (χ1n) is 7.98. The molecule has 1 aliphatic rings. The van der Waals surface area contributed by atoms with Crippen LogP contribution in [0, 0.1) is 5.92 Å². The molecule has 22 heavy (non-hydrogen) atoms. The highest BCUT2D eigenvalue weighted by molar-refractivity contribution is 5.94. The van der Waals surface area contributed by atoms with E-state index in [2.05, 4.69) is 0 Å². The first-order chi connectivity index (χ1) is 10.4. The number of benzene rings is 1. The Balaban J connectivity index is 1.91. The number of aryl methyl sites for hydroxylation is 1. The van der Waals surface area contributed by atoms with Crippen LogP contribution in [0.15, 0.2) is 24.3 Å². The summed E-state index contributed by atoms with van der Waals surface area (Å²) < 4.78 is 5.17. The van der Waals surface area contributed by atoms with Crippen LogP contribution >= 0.6 is 0 Å². The fourth-order valence-electron chi connectivity index (χ4n) is 2.84. The molecule has 1 amide bonds. The van der Waals surface area contributed by atoms with E-state index in [0.29, 0.717) is 12.3 Å². The Kier molecular flexibility index (Phi) is 5.59. The highest BCUT2D eigenvalue weighted by Gasteiger charge is 2.26. The number of methoxy groups -OCH3 is 1. The van der Waals surface area contributed by atoms with E-state index in [1.807, 2.05) is 43.0 Å². The van der Waals surface area contributed by atoms with E-state index >= 15 is 0 Å². The van der Waals surface area contributed by atoms with E-state index in [9.17, 15) is 9.90 Å². The monoisotopic (exact) mass is 305 g/mol. The Hall–Kier alpha value is -1.39. The Morgan fingerprint density at radius 1 is 1.36 bits per heavy atom. The van der Waals surface area contributed by atoms with Gasteiger partial charge in [-0.05, 0) is 50.8 Å². The van der Waals surface area contributed by atoms with E-state index in [-0.39, 0.29) is 5.91 Å². The number of hydrogen-bond donors (Lipinski definition) is 1. The minimum Gasteiger partial charge on any atom is -0.390 e. The summed E-state index contributed by atoms with van der Waals surface area (Å²) in [7, 11) is 1.71. The van der Waals surface area contributed by atoms with Crippen LogP contribution in [0.4, 0.5) is 0 Å². The molecule has 0 aromatic heterocycles. The number of carbonyl (C=O) groups is 1. The topological polar surface area (TPSA) is 49.8 Å². The normalized spacial score (nSPS) is 18.7. The van der Waals surface area contributed by atoms with Crippen molar-refractivity contribution in [2.24, 2.45) is 5.92 Å². The molecule has 0 radical (unpaired) electrons. The Morgan fingerprint density at radius 3 is 2.64 bits per heavy atom. The van der Waals surface area contributed by atoms with Crippen LogP contribution in [0.3, 0.4) is 0 Å². The van der Waals surface area contributed by atoms with E-state index in [1.54, 1.807) is 7.11 Å². The summed E-state index contributed by atoms with van der Waals surface area (Å²) in [6, 6.07) is 7.76. The van der Waals surface area contributed by atoms with Gasteiger partial charge in [-0.2, -0.15) is 0 Å². The van der Waals surface area contributed by atoms with Crippen molar-refractivity contribution in [3.05, 3.63) is 35.4 Å². The van der Waals surface area contributed by atoms with Crippen molar-refractivity contribution in [3.8, 4) is 0 Å². The van der Waals surface area contributed by atoms with Gasteiger partial charge in [-0.3, -0.25) is 4.79 Å². The smallest absolute Gasteiger partial charge is 0.253 e. The zero-order valence-corrected chi connectivity index (χ0v) is 13.8. The number of rotatable bonds is 6. The predicted molar refractivity (Wildman–Crippen MR) is 86.9 cm³/mol. The number of aliphatic hydroxyl groups is 1. The molecule has 1 atom stereocenters. The number of nitrogens with zero attached hydrogens (tertiary/aromatic N) is 1. The maximum absolute atomic E-state index is 12.5. The molecule has 0 bridgehead atoms. The quantitative estimate of drug-likeness (QED) is 0.878. The summed E-state index contributed by atoms with van der Waals surface area (Å²) in [5.41, 5.74) is 1.24. The molecule has 1 aromatic carbocycles. The van der Waals surface area contributed by atoms with Gasteiger partial charge < -0.3 is 14.7 Å². The number of carbonyl (C=O) groups excluding carboxylic acids is 1. The lowest BCUT2D eigenvalue weighted by Gasteiger charge is -2.18. The predicted octanol–water partition coefficient (Wildman–Crippen LogP) is 2.50. The second-order valence-corrected chi connectivity index (χ2v) is 6.87. The van der Waals surface area contributed by atoms with Gasteiger partial charge in [0.15, 0.2) is 0 Å². The molecule has 122 valence electrons. The van der Waals surface area contributed by atoms with E-state index in [4.69, 9.17) is 4.74 Å². The van der Waals surface area contributed by atoms with Crippen molar-refractivity contribution in [2.45, 2.75) is 38.7 Å². The molecule has 1 fully saturated rings. The van der Waals surface area contributed by atoms with Crippen LogP contribution in [0.1, 0.15) is 42.6 Å². The first kappa shape index (κ1) is 17.0. The molecule has 0 spiro atoms. The number of ether oxygens (including phenoxy) is 1. The molecule has 1 heterocycles. The zero-order chi connectivity index (χ0) is 16.2. The standard InChI is InChI=1S/C18H27NO3/c1-18(2,21)10-8-14-4-6-16(7-5-14)17(20)19-11-9-15(12-19)13-22-3/h4-7,15,21H,8-13H2,1-3H3/t15-/m1/s1. The van der Waals surface area contributed by atoms with Crippen LogP contribution in [0.2, 0.25) is 0 Å². The van der Waals surface area contributed by atoms with Crippen LogP contribution < -0.4 is 0 Å². The number of amides is 1. The van der Waals surface area contributed by atoms with Gasteiger partial charge in [0.1, 0.15) is 0 Å². The van der Waals surface area contributed by atoms with Gasteiger partial charge in [0.05, 0.1) is 12.2 Å². The van der Waals surface area contributed by atoms with Crippen molar-refractivity contribution in [1.29, 1.82) is 0 Å². The molecule has 0 saturated carbocycles. The van der Waals surface area contributed by atoms with Crippen molar-refractivity contribution in [1.82, 2.24) is 4.90 Å². The van der Waals surface area contributed by atoms with Gasteiger partial charge in [-0.25, -0.2) is 0 Å². The molecule has 1 aliphatic heterocycles. The SMILES string of the molecule is COC[C@@H]1CCN(C(=O)c2ccc(CCC(C)(C)O)cc2)C1. The second-order valence-electron chi connectivity index (χ2n) is 6.87. The average Bonchev–Trinajstić information content (AvgIpc) is 2.93. The highest BCUT2D eigenvalue weighted by Crippen LogP contribution is 2.20. The average molecular weight is 305 g/mol. The van der Waals surface area contributed by atoms with Gasteiger partial charge in [-0.15, -0.1) is 0 Å². The second kappa shape index (κ2) is 7.25. The molecule has 0 unspecified atom stereocenters. The fraction of sp³-hybridized carbons (Fsp3) is 0.611. The van der Waals surface area contributed by atoms with Gasteiger partial charge in [-0.1, -0.05) is 12.1 Å². The van der Waals surface area contributed by atoms with Crippen LogP contribution in [-0.2, 0) is 11.2 Å². The molecule has 1 N–H and O–H groups in total. The number of hydrogen-bond acceptors (Lipinski definition) is 3. The molecule has 4 nitrogen and oxygen atoms in total. The first-order valence-corrected chi connectivity index (χ1v) is 7.98. The summed E-state index contributed by atoms with van der Waals surface area (Å²) in [4.78, 5) is 14.4. The molecular formula is C18H27NO3. The lowest BCUT2D eigenvalue weighted by Crippen LogP contribution is -2.29.